The fourth-order valence-corrected chi connectivity index (χ4v) is 7.92. The first-order chi connectivity index (χ1) is 18.1. The van der Waals surface area contributed by atoms with Crippen molar-refractivity contribution < 1.29 is 8.98 Å². The zero-order valence-corrected chi connectivity index (χ0v) is 22.0. The molecule has 0 aliphatic heterocycles. The zero-order chi connectivity index (χ0) is 25.5. The lowest BCUT2D eigenvalue weighted by Gasteiger charge is -2.38. The van der Waals surface area contributed by atoms with Gasteiger partial charge < -0.3 is 8.98 Å². The monoisotopic (exact) mass is 505 g/mol. The molecule has 0 fully saturated rings. The van der Waals surface area contributed by atoms with Crippen molar-refractivity contribution in [1.29, 1.82) is 0 Å². The molecule has 5 aromatic rings. The van der Waals surface area contributed by atoms with E-state index in [1.807, 2.05) is 84.9 Å². The molecule has 1 heterocycles. The molecule has 0 amide bonds. The molecule has 37 heavy (non-hydrogen) atoms. The van der Waals surface area contributed by atoms with Crippen LogP contribution in [0.1, 0.15) is 35.9 Å². The lowest BCUT2D eigenvalue weighted by atomic mass is 10.0. The summed E-state index contributed by atoms with van der Waals surface area (Å²) in [7, 11) is -3.01. The number of benzene rings is 4. The summed E-state index contributed by atoms with van der Waals surface area (Å²) >= 11 is 0. The van der Waals surface area contributed by atoms with Gasteiger partial charge in [0.1, 0.15) is 12.9 Å². The molecule has 4 heteroatoms. The van der Waals surface area contributed by atoms with E-state index in [-0.39, 0.29) is 12.1 Å². The van der Waals surface area contributed by atoms with E-state index >= 15 is 4.57 Å². The average molecular weight is 506 g/mol. The lowest BCUT2D eigenvalue weighted by molar-refractivity contribution is 0.130. The first-order valence-electron chi connectivity index (χ1n) is 12.7. The number of nitrogens with zero attached hydrogens (tertiary/aromatic N) is 1. The predicted octanol–water partition coefficient (Wildman–Crippen LogP) is 7.60. The van der Waals surface area contributed by atoms with E-state index in [4.69, 9.17) is 4.42 Å². The van der Waals surface area contributed by atoms with Crippen molar-refractivity contribution in [2.45, 2.75) is 25.6 Å². The van der Waals surface area contributed by atoms with Crippen LogP contribution in [-0.2, 0) is 11.1 Å². The third-order valence-corrected chi connectivity index (χ3v) is 10.2. The van der Waals surface area contributed by atoms with Gasteiger partial charge in [-0.1, -0.05) is 121 Å². The highest BCUT2D eigenvalue weighted by Crippen LogP contribution is 2.49. The van der Waals surface area contributed by atoms with Crippen LogP contribution in [0.4, 0.5) is 0 Å². The largest absolute Gasteiger partial charge is 0.468 e. The third-order valence-electron chi connectivity index (χ3n) is 7.04. The van der Waals surface area contributed by atoms with Crippen molar-refractivity contribution >= 4 is 17.8 Å². The molecular formula is C33H32NO2P. The molecule has 186 valence electrons. The zero-order valence-electron chi connectivity index (χ0n) is 21.1. The van der Waals surface area contributed by atoms with Gasteiger partial charge in [0.05, 0.1) is 12.3 Å². The maximum absolute atomic E-state index is 15.2. The summed E-state index contributed by atoms with van der Waals surface area (Å²) in [5.41, 5.74) is 2.42. The van der Waals surface area contributed by atoms with E-state index in [0.717, 1.165) is 16.4 Å². The Morgan fingerprint density at radius 1 is 0.676 bits per heavy atom. The van der Waals surface area contributed by atoms with E-state index in [2.05, 4.69) is 60.4 Å². The Bertz CT molecular complexity index is 1360. The summed E-state index contributed by atoms with van der Waals surface area (Å²) in [6, 6.07) is 44.6. The highest BCUT2D eigenvalue weighted by molar-refractivity contribution is 7.78. The van der Waals surface area contributed by atoms with Crippen molar-refractivity contribution in [2.24, 2.45) is 0 Å². The maximum Gasteiger partial charge on any atom is 0.145 e. The van der Waals surface area contributed by atoms with Gasteiger partial charge in [0.25, 0.3) is 0 Å². The predicted molar refractivity (Wildman–Crippen MR) is 153 cm³/mol. The summed E-state index contributed by atoms with van der Waals surface area (Å²) in [5.74, 6) is 0.825. The van der Waals surface area contributed by atoms with Gasteiger partial charge >= 0.3 is 0 Å². The number of furan rings is 1. The second-order valence-electron chi connectivity index (χ2n) is 9.37. The van der Waals surface area contributed by atoms with Crippen LogP contribution in [0.2, 0.25) is 0 Å². The number of hydrogen-bond donors (Lipinski definition) is 0. The quantitative estimate of drug-likeness (QED) is 0.183. The number of rotatable bonds is 10. The third kappa shape index (κ3) is 5.69. The van der Waals surface area contributed by atoms with E-state index < -0.39 is 7.14 Å². The molecule has 5 rings (SSSR count). The van der Waals surface area contributed by atoms with Gasteiger partial charge in [0, 0.05) is 29.4 Å². The van der Waals surface area contributed by atoms with Crippen LogP contribution in [-0.4, -0.2) is 11.1 Å². The lowest BCUT2D eigenvalue weighted by Crippen LogP contribution is -2.35. The van der Waals surface area contributed by atoms with Gasteiger partial charge in [-0.05, 0) is 30.2 Å². The molecule has 1 aromatic heterocycles. The Kier molecular flexibility index (Phi) is 7.84. The van der Waals surface area contributed by atoms with E-state index in [0.29, 0.717) is 12.7 Å². The molecule has 2 atom stereocenters. The molecular weight excluding hydrogens is 473 g/mol. The minimum Gasteiger partial charge on any atom is -0.468 e. The first kappa shape index (κ1) is 25.0. The van der Waals surface area contributed by atoms with E-state index in [1.54, 1.807) is 6.26 Å². The van der Waals surface area contributed by atoms with Gasteiger partial charge in [-0.2, -0.15) is 0 Å². The first-order valence-corrected chi connectivity index (χ1v) is 14.6. The Morgan fingerprint density at radius 3 is 1.70 bits per heavy atom. The fraction of sp³-hybridized carbons (Fsp3) is 0.152. The molecule has 0 bridgehead atoms. The van der Waals surface area contributed by atoms with Crippen LogP contribution in [0, 0.1) is 0 Å². The molecule has 0 aliphatic rings. The molecule has 0 unspecified atom stereocenters. The number of hydrogen-bond acceptors (Lipinski definition) is 3. The van der Waals surface area contributed by atoms with E-state index in [9.17, 15) is 0 Å². The van der Waals surface area contributed by atoms with Gasteiger partial charge in [-0.15, -0.1) is 0 Å². The van der Waals surface area contributed by atoms with Gasteiger partial charge in [0.2, 0.25) is 0 Å². The molecule has 0 N–H and O–H groups in total. The van der Waals surface area contributed by atoms with Crippen LogP contribution < -0.4 is 10.6 Å². The van der Waals surface area contributed by atoms with Crippen LogP contribution in [0.25, 0.3) is 0 Å². The van der Waals surface area contributed by atoms with Crippen LogP contribution in [0.5, 0.6) is 0 Å². The van der Waals surface area contributed by atoms with Gasteiger partial charge in [-0.3, -0.25) is 4.90 Å². The van der Waals surface area contributed by atoms with Crippen molar-refractivity contribution in [3.8, 4) is 0 Å². The second kappa shape index (κ2) is 11.6. The Morgan fingerprint density at radius 2 is 1.19 bits per heavy atom. The van der Waals surface area contributed by atoms with E-state index in [1.165, 1.54) is 11.1 Å². The Balaban J connectivity index is 1.64. The summed E-state index contributed by atoms with van der Waals surface area (Å²) in [6.07, 6.45) is 2.14. The molecule has 4 aromatic carbocycles. The van der Waals surface area contributed by atoms with Crippen LogP contribution in [0.15, 0.2) is 144 Å². The maximum atomic E-state index is 15.2. The Hall–Kier alpha value is -3.65. The molecule has 0 aliphatic carbocycles. The minimum absolute atomic E-state index is 0.0662. The second-order valence-corrected chi connectivity index (χ2v) is 12.2. The molecule has 0 radical (unpaired) electrons. The Labute approximate surface area is 219 Å². The molecule has 0 saturated carbocycles. The van der Waals surface area contributed by atoms with Crippen molar-refractivity contribution in [2.75, 3.05) is 6.16 Å². The van der Waals surface area contributed by atoms with Crippen LogP contribution in [0.3, 0.4) is 0 Å². The van der Waals surface area contributed by atoms with Crippen molar-refractivity contribution in [1.82, 2.24) is 4.90 Å². The highest BCUT2D eigenvalue weighted by atomic mass is 31.2. The molecule has 0 saturated heterocycles. The van der Waals surface area contributed by atoms with Crippen molar-refractivity contribution in [3.05, 3.63) is 157 Å². The highest BCUT2D eigenvalue weighted by Gasteiger charge is 2.37. The average Bonchev–Trinajstić information content (AvgIpc) is 3.51. The summed E-state index contributed by atoms with van der Waals surface area (Å²) in [4.78, 5) is 2.43. The molecule has 0 spiro atoms. The summed E-state index contributed by atoms with van der Waals surface area (Å²) < 4.78 is 21.2. The van der Waals surface area contributed by atoms with Gasteiger partial charge in [-0.25, -0.2) is 0 Å². The SMILES string of the molecule is C[C@H](c1ccccc1)N(Cc1ccccc1)[C@@H](CP(=O)(c1ccccc1)c1ccccc1)c1ccco1. The van der Waals surface area contributed by atoms with Crippen LogP contribution >= 0.6 is 7.14 Å². The topological polar surface area (TPSA) is 33.5 Å². The summed E-state index contributed by atoms with van der Waals surface area (Å²) in [6.45, 7) is 2.93. The standard InChI is InChI=1S/C33H32NO2P/c1-27(29-17-8-3-9-18-29)34(25-28-15-6-2-7-16-28)32(33-23-14-24-36-33)26-37(35,30-19-10-4-11-20-30)31-21-12-5-13-22-31/h2-24,27,32H,25-26H2,1H3/t27-,32+/m1/s1. The normalized spacial score (nSPS) is 13.4. The minimum atomic E-state index is -3.01. The molecule has 3 nitrogen and oxygen atoms in total. The van der Waals surface area contributed by atoms with Crippen molar-refractivity contribution in [3.63, 3.8) is 0 Å². The van der Waals surface area contributed by atoms with Gasteiger partial charge in [0.15, 0.2) is 0 Å². The smallest absolute Gasteiger partial charge is 0.145 e. The fourth-order valence-electron chi connectivity index (χ4n) is 5.01. The summed E-state index contributed by atoms with van der Waals surface area (Å²) in [5, 5.41) is 1.73.